The van der Waals surface area contributed by atoms with Crippen molar-refractivity contribution in [2.75, 3.05) is 11.1 Å². The summed E-state index contributed by atoms with van der Waals surface area (Å²) in [5, 5.41) is 3.81. The highest BCUT2D eigenvalue weighted by atomic mass is 79.9. The van der Waals surface area contributed by atoms with Crippen molar-refractivity contribution in [3.8, 4) is 0 Å². The third-order valence-electron chi connectivity index (χ3n) is 2.37. The van der Waals surface area contributed by atoms with Crippen LogP contribution in [0.4, 0.5) is 17.1 Å². The summed E-state index contributed by atoms with van der Waals surface area (Å²) in [5.41, 5.74) is 9.42. The summed E-state index contributed by atoms with van der Waals surface area (Å²) in [7, 11) is 0. The van der Waals surface area contributed by atoms with Crippen LogP contribution in [0.25, 0.3) is 0 Å². The molecule has 0 fully saturated rings. The van der Waals surface area contributed by atoms with Gasteiger partial charge in [0.25, 0.3) is 0 Å². The van der Waals surface area contributed by atoms with Gasteiger partial charge in [0.15, 0.2) is 0 Å². The average Bonchev–Trinajstić information content (AvgIpc) is 2.23. The first-order chi connectivity index (χ1) is 8.06. The Balaban J connectivity index is 2.34. The number of nitrogens with two attached hydrogens (primary N) is 1. The molecule has 4 heteroatoms. The van der Waals surface area contributed by atoms with E-state index in [4.69, 9.17) is 17.3 Å². The minimum absolute atomic E-state index is 0.557. The number of nitrogen functional groups attached to an aromatic ring is 1. The lowest BCUT2D eigenvalue weighted by Gasteiger charge is -2.11. The SMILES string of the molecule is Cc1cc(Br)cc(Nc2cccc(Cl)c2N)c1. The largest absolute Gasteiger partial charge is 0.396 e. The highest BCUT2D eigenvalue weighted by Crippen LogP contribution is 2.30. The van der Waals surface area contributed by atoms with Gasteiger partial charge in [-0.3, -0.25) is 0 Å². The van der Waals surface area contributed by atoms with Crippen LogP contribution >= 0.6 is 27.5 Å². The molecule has 88 valence electrons. The van der Waals surface area contributed by atoms with E-state index in [0.717, 1.165) is 15.8 Å². The Morgan fingerprint density at radius 1 is 1.24 bits per heavy atom. The van der Waals surface area contributed by atoms with Crippen molar-refractivity contribution in [1.29, 1.82) is 0 Å². The van der Waals surface area contributed by atoms with Gasteiger partial charge in [0.05, 0.1) is 16.4 Å². The third kappa shape index (κ3) is 2.93. The Morgan fingerprint density at radius 3 is 2.71 bits per heavy atom. The molecule has 2 nitrogen and oxygen atoms in total. The van der Waals surface area contributed by atoms with Gasteiger partial charge in [0.2, 0.25) is 0 Å². The zero-order valence-corrected chi connectivity index (χ0v) is 11.6. The van der Waals surface area contributed by atoms with Gasteiger partial charge < -0.3 is 11.1 Å². The summed E-state index contributed by atoms with van der Waals surface area (Å²) in [4.78, 5) is 0. The first kappa shape index (κ1) is 12.3. The van der Waals surface area contributed by atoms with Crippen molar-refractivity contribution >= 4 is 44.6 Å². The second-order valence-electron chi connectivity index (χ2n) is 3.84. The van der Waals surface area contributed by atoms with Crippen LogP contribution in [0.5, 0.6) is 0 Å². The van der Waals surface area contributed by atoms with Crippen molar-refractivity contribution in [3.63, 3.8) is 0 Å². The Morgan fingerprint density at radius 2 is 2.00 bits per heavy atom. The monoisotopic (exact) mass is 310 g/mol. The molecular weight excluding hydrogens is 300 g/mol. The lowest BCUT2D eigenvalue weighted by atomic mass is 10.2. The highest BCUT2D eigenvalue weighted by molar-refractivity contribution is 9.10. The van der Waals surface area contributed by atoms with Crippen LogP contribution in [0.1, 0.15) is 5.56 Å². The van der Waals surface area contributed by atoms with Gasteiger partial charge in [0, 0.05) is 10.2 Å². The second kappa shape index (κ2) is 4.98. The summed E-state index contributed by atoms with van der Waals surface area (Å²) >= 11 is 9.43. The molecule has 3 N–H and O–H groups in total. The quantitative estimate of drug-likeness (QED) is 0.786. The maximum absolute atomic E-state index is 5.97. The van der Waals surface area contributed by atoms with E-state index in [-0.39, 0.29) is 0 Å². The molecule has 0 saturated heterocycles. The molecule has 0 aliphatic carbocycles. The molecule has 0 unspecified atom stereocenters. The Labute approximate surface area is 114 Å². The van der Waals surface area contributed by atoms with Crippen LogP contribution in [0.2, 0.25) is 5.02 Å². The number of anilines is 3. The number of rotatable bonds is 2. The number of hydrogen-bond acceptors (Lipinski definition) is 2. The number of aryl methyl sites for hydroxylation is 1. The first-order valence-electron chi connectivity index (χ1n) is 5.14. The van der Waals surface area contributed by atoms with Gasteiger partial charge in [-0.2, -0.15) is 0 Å². The molecule has 0 aliphatic rings. The van der Waals surface area contributed by atoms with Crippen molar-refractivity contribution in [2.45, 2.75) is 6.92 Å². The Bertz CT molecular complexity index is 535. The maximum Gasteiger partial charge on any atom is 0.0742 e. The topological polar surface area (TPSA) is 38.0 Å². The van der Waals surface area contributed by atoms with Gasteiger partial charge in [0.1, 0.15) is 0 Å². The fraction of sp³-hybridized carbons (Fsp3) is 0.0769. The van der Waals surface area contributed by atoms with E-state index in [2.05, 4.69) is 21.2 Å². The normalized spacial score (nSPS) is 10.3. The summed E-state index contributed by atoms with van der Waals surface area (Å²) < 4.78 is 1.03. The minimum atomic E-state index is 0.557. The molecule has 0 saturated carbocycles. The van der Waals surface area contributed by atoms with E-state index in [0.29, 0.717) is 10.7 Å². The second-order valence-corrected chi connectivity index (χ2v) is 5.17. The molecule has 0 amide bonds. The van der Waals surface area contributed by atoms with Crippen LogP contribution in [0.15, 0.2) is 40.9 Å². The molecule has 0 heterocycles. The van der Waals surface area contributed by atoms with Gasteiger partial charge >= 0.3 is 0 Å². The number of hydrogen-bond donors (Lipinski definition) is 2. The number of nitrogens with one attached hydrogen (secondary N) is 1. The fourth-order valence-electron chi connectivity index (χ4n) is 1.61. The van der Waals surface area contributed by atoms with E-state index in [9.17, 15) is 0 Å². The lowest BCUT2D eigenvalue weighted by molar-refractivity contribution is 1.43. The van der Waals surface area contributed by atoms with Crippen LogP contribution in [0, 0.1) is 6.92 Å². The molecule has 0 aromatic heterocycles. The molecule has 0 aliphatic heterocycles. The molecule has 0 radical (unpaired) electrons. The number of benzene rings is 2. The van der Waals surface area contributed by atoms with E-state index in [1.54, 1.807) is 6.07 Å². The minimum Gasteiger partial charge on any atom is -0.396 e. The van der Waals surface area contributed by atoms with Gasteiger partial charge in [-0.1, -0.05) is 33.6 Å². The van der Waals surface area contributed by atoms with Crippen LogP contribution in [-0.2, 0) is 0 Å². The van der Waals surface area contributed by atoms with E-state index < -0.39 is 0 Å². The van der Waals surface area contributed by atoms with Crippen molar-refractivity contribution in [2.24, 2.45) is 0 Å². The van der Waals surface area contributed by atoms with Crippen molar-refractivity contribution in [1.82, 2.24) is 0 Å². The summed E-state index contributed by atoms with van der Waals surface area (Å²) in [5.74, 6) is 0. The van der Waals surface area contributed by atoms with Gasteiger partial charge in [-0.15, -0.1) is 0 Å². The molecular formula is C13H12BrClN2. The molecule has 2 rings (SSSR count). The van der Waals surface area contributed by atoms with Crippen LogP contribution in [0.3, 0.4) is 0 Å². The van der Waals surface area contributed by atoms with Crippen LogP contribution < -0.4 is 11.1 Å². The van der Waals surface area contributed by atoms with E-state index >= 15 is 0 Å². The van der Waals surface area contributed by atoms with E-state index in [1.165, 1.54) is 5.56 Å². The third-order valence-corrected chi connectivity index (χ3v) is 3.16. The average molecular weight is 312 g/mol. The Kier molecular flexibility index (Phi) is 3.60. The lowest BCUT2D eigenvalue weighted by Crippen LogP contribution is -1.97. The molecule has 17 heavy (non-hydrogen) atoms. The van der Waals surface area contributed by atoms with Crippen molar-refractivity contribution in [3.05, 3.63) is 51.5 Å². The molecule has 0 spiro atoms. The number of halogens is 2. The fourth-order valence-corrected chi connectivity index (χ4v) is 2.39. The van der Waals surface area contributed by atoms with Gasteiger partial charge in [-0.05, 0) is 42.8 Å². The maximum atomic E-state index is 5.97. The van der Waals surface area contributed by atoms with Crippen molar-refractivity contribution < 1.29 is 0 Å². The predicted molar refractivity (Wildman–Crippen MR) is 78.0 cm³/mol. The molecule has 2 aromatic rings. The predicted octanol–water partition coefficient (Wildman–Crippen LogP) is 4.74. The molecule has 0 atom stereocenters. The summed E-state index contributed by atoms with van der Waals surface area (Å²) in [6, 6.07) is 11.6. The summed E-state index contributed by atoms with van der Waals surface area (Å²) in [6.07, 6.45) is 0. The zero-order chi connectivity index (χ0) is 12.4. The standard InChI is InChI=1S/C13H12BrClN2/c1-8-5-9(14)7-10(6-8)17-12-4-2-3-11(15)13(12)16/h2-7,17H,16H2,1H3. The Hall–Kier alpha value is -1.19. The first-order valence-corrected chi connectivity index (χ1v) is 6.31. The zero-order valence-electron chi connectivity index (χ0n) is 9.30. The van der Waals surface area contributed by atoms with E-state index in [1.807, 2.05) is 37.3 Å². The highest BCUT2D eigenvalue weighted by Gasteiger charge is 2.04. The molecule has 2 aromatic carbocycles. The molecule has 0 bridgehead atoms. The van der Waals surface area contributed by atoms with Crippen LogP contribution in [-0.4, -0.2) is 0 Å². The summed E-state index contributed by atoms with van der Waals surface area (Å²) in [6.45, 7) is 2.04. The smallest absolute Gasteiger partial charge is 0.0742 e. The van der Waals surface area contributed by atoms with Gasteiger partial charge in [-0.25, -0.2) is 0 Å². The number of para-hydroxylation sites is 1.